The summed E-state index contributed by atoms with van der Waals surface area (Å²) in [6.07, 6.45) is 6.24. The zero-order valence-electron chi connectivity index (χ0n) is 10.3. The Bertz CT molecular complexity index is 246. The largest absolute Gasteiger partial charge is 0.314 e. The number of nitriles is 1. The van der Waals surface area contributed by atoms with Crippen LogP contribution in [0.1, 0.15) is 39.0 Å². The van der Waals surface area contributed by atoms with E-state index in [1.54, 1.807) is 0 Å². The van der Waals surface area contributed by atoms with Crippen molar-refractivity contribution in [3.63, 3.8) is 0 Å². The first-order valence-corrected chi connectivity index (χ1v) is 6.70. The normalized spacial score (nSPS) is 25.2. The van der Waals surface area contributed by atoms with Gasteiger partial charge in [-0.25, -0.2) is 0 Å². The Morgan fingerprint density at radius 3 is 2.50 bits per heavy atom. The Kier molecular flexibility index (Phi) is 4.20. The van der Waals surface area contributed by atoms with E-state index in [0.717, 1.165) is 25.4 Å². The lowest BCUT2D eigenvalue weighted by molar-refractivity contribution is 0.166. The fourth-order valence-electron chi connectivity index (χ4n) is 2.50. The van der Waals surface area contributed by atoms with Crippen LogP contribution in [0.2, 0.25) is 0 Å². The number of hydrogen-bond donors (Lipinski definition) is 1. The van der Waals surface area contributed by atoms with Crippen LogP contribution in [0.3, 0.4) is 0 Å². The summed E-state index contributed by atoms with van der Waals surface area (Å²) in [4.78, 5) is 2.34. The van der Waals surface area contributed by atoms with Gasteiger partial charge in [0.05, 0.1) is 12.1 Å². The molecule has 3 heteroatoms. The van der Waals surface area contributed by atoms with Crippen LogP contribution in [0.5, 0.6) is 0 Å². The molecule has 1 heterocycles. The highest BCUT2D eigenvalue weighted by molar-refractivity contribution is 4.93. The SMILES string of the molecule is CCC(C#N)N1CCC(NCC2CC2)CC1. The number of hydrogen-bond acceptors (Lipinski definition) is 3. The number of likely N-dealkylation sites (tertiary alicyclic amines) is 1. The first kappa shape index (κ1) is 11.9. The molecule has 1 saturated carbocycles. The number of piperidine rings is 1. The van der Waals surface area contributed by atoms with Crippen molar-refractivity contribution in [3.8, 4) is 6.07 Å². The average Bonchev–Trinajstić information content (AvgIpc) is 3.13. The lowest BCUT2D eigenvalue weighted by Gasteiger charge is -2.34. The fraction of sp³-hybridized carbons (Fsp3) is 0.923. The van der Waals surface area contributed by atoms with Gasteiger partial charge in [-0.1, -0.05) is 6.92 Å². The Morgan fingerprint density at radius 1 is 1.31 bits per heavy atom. The van der Waals surface area contributed by atoms with Gasteiger partial charge in [0, 0.05) is 19.1 Å². The minimum absolute atomic E-state index is 0.143. The highest BCUT2D eigenvalue weighted by Gasteiger charge is 2.26. The average molecular weight is 221 g/mol. The summed E-state index contributed by atoms with van der Waals surface area (Å²) in [6, 6.07) is 3.25. The summed E-state index contributed by atoms with van der Waals surface area (Å²) < 4.78 is 0. The number of nitrogens with one attached hydrogen (secondary N) is 1. The Hall–Kier alpha value is -0.590. The summed E-state index contributed by atoms with van der Waals surface area (Å²) in [7, 11) is 0. The maximum absolute atomic E-state index is 9.02. The molecule has 2 fully saturated rings. The molecule has 0 bridgehead atoms. The molecule has 90 valence electrons. The van der Waals surface area contributed by atoms with Gasteiger partial charge in [-0.05, 0) is 44.6 Å². The molecule has 0 amide bonds. The maximum atomic E-state index is 9.02. The third-order valence-corrected chi connectivity index (χ3v) is 3.90. The molecule has 1 aliphatic heterocycles. The number of rotatable bonds is 5. The van der Waals surface area contributed by atoms with Crippen molar-refractivity contribution in [2.24, 2.45) is 5.92 Å². The Balaban J connectivity index is 1.67. The predicted octanol–water partition coefficient (Wildman–Crippen LogP) is 1.75. The van der Waals surface area contributed by atoms with Crippen molar-refractivity contribution in [1.82, 2.24) is 10.2 Å². The summed E-state index contributed by atoms with van der Waals surface area (Å²) >= 11 is 0. The molecule has 0 spiro atoms. The molecule has 0 aromatic rings. The van der Waals surface area contributed by atoms with E-state index in [0.29, 0.717) is 6.04 Å². The van der Waals surface area contributed by atoms with Crippen molar-refractivity contribution < 1.29 is 0 Å². The van der Waals surface area contributed by atoms with Gasteiger partial charge < -0.3 is 5.32 Å². The molecule has 3 nitrogen and oxygen atoms in total. The topological polar surface area (TPSA) is 39.1 Å². The summed E-state index contributed by atoms with van der Waals surface area (Å²) in [6.45, 7) is 5.51. The third-order valence-electron chi connectivity index (χ3n) is 3.90. The lowest BCUT2D eigenvalue weighted by Crippen LogP contribution is -2.46. The van der Waals surface area contributed by atoms with E-state index in [4.69, 9.17) is 5.26 Å². The summed E-state index contributed by atoms with van der Waals surface area (Å²) in [5, 5.41) is 12.7. The number of nitrogens with zero attached hydrogens (tertiary/aromatic N) is 2. The van der Waals surface area contributed by atoms with Crippen LogP contribution in [0.25, 0.3) is 0 Å². The van der Waals surface area contributed by atoms with Crippen LogP contribution in [0.4, 0.5) is 0 Å². The molecule has 16 heavy (non-hydrogen) atoms. The molecular formula is C13H23N3. The zero-order chi connectivity index (χ0) is 11.4. The van der Waals surface area contributed by atoms with E-state index in [1.807, 2.05) is 0 Å². The third kappa shape index (κ3) is 3.20. The van der Waals surface area contributed by atoms with Crippen molar-refractivity contribution in [1.29, 1.82) is 5.26 Å². The molecule has 1 atom stereocenters. The van der Waals surface area contributed by atoms with Crippen molar-refractivity contribution in [2.75, 3.05) is 19.6 Å². The molecular weight excluding hydrogens is 198 g/mol. The van der Waals surface area contributed by atoms with Crippen molar-refractivity contribution in [2.45, 2.75) is 51.1 Å². The van der Waals surface area contributed by atoms with Crippen molar-refractivity contribution in [3.05, 3.63) is 0 Å². The van der Waals surface area contributed by atoms with E-state index in [-0.39, 0.29) is 6.04 Å². The highest BCUT2D eigenvalue weighted by atomic mass is 15.2. The molecule has 1 aliphatic carbocycles. The molecule has 1 unspecified atom stereocenters. The molecule has 2 rings (SSSR count). The van der Waals surface area contributed by atoms with Gasteiger partial charge in [0.15, 0.2) is 0 Å². The van der Waals surface area contributed by atoms with Gasteiger partial charge in [0.25, 0.3) is 0 Å². The molecule has 0 aromatic carbocycles. The molecule has 0 radical (unpaired) electrons. The molecule has 1 saturated heterocycles. The summed E-state index contributed by atoms with van der Waals surface area (Å²) in [5.41, 5.74) is 0. The quantitative estimate of drug-likeness (QED) is 0.769. The highest BCUT2D eigenvalue weighted by Crippen LogP contribution is 2.28. The van der Waals surface area contributed by atoms with E-state index in [1.165, 1.54) is 32.2 Å². The van der Waals surface area contributed by atoms with Gasteiger partial charge in [-0.15, -0.1) is 0 Å². The maximum Gasteiger partial charge on any atom is 0.0975 e. The van der Waals surface area contributed by atoms with Crippen LogP contribution in [0.15, 0.2) is 0 Å². The Labute approximate surface area is 98.8 Å². The van der Waals surface area contributed by atoms with Gasteiger partial charge in [0.1, 0.15) is 0 Å². The molecule has 1 N–H and O–H groups in total. The second-order valence-corrected chi connectivity index (χ2v) is 5.22. The van der Waals surface area contributed by atoms with Crippen LogP contribution in [-0.2, 0) is 0 Å². The smallest absolute Gasteiger partial charge is 0.0975 e. The molecule has 0 aromatic heterocycles. The second-order valence-electron chi connectivity index (χ2n) is 5.22. The summed E-state index contributed by atoms with van der Waals surface area (Å²) in [5.74, 6) is 0.973. The van der Waals surface area contributed by atoms with Crippen LogP contribution >= 0.6 is 0 Å². The first-order chi connectivity index (χ1) is 7.83. The van der Waals surface area contributed by atoms with Crippen molar-refractivity contribution >= 4 is 0 Å². The van der Waals surface area contributed by atoms with Gasteiger partial charge in [0.2, 0.25) is 0 Å². The monoisotopic (exact) mass is 221 g/mol. The second kappa shape index (κ2) is 5.65. The minimum atomic E-state index is 0.143. The van der Waals surface area contributed by atoms with E-state index in [9.17, 15) is 0 Å². The van der Waals surface area contributed by atoms with Crippen LogP contribution in [0, 0.1) is 17.2 Å². The van der Waals surface area contributed by atoms with Crippen LogP contribution in [-0.4, -0.2) is 36.6 Å². The van der Waals surface area contributed by atoms with E-state index >= 15 is 0 Å². The minimum Gasteiger partial charge on any atom is -0.314 e. The first-order valence-electron chi connectivity index (χ1n) is 6.70. The van der Waals surface area contributed by atoms with Gasteiger partial charge >= 0.3 is 0 Å². The lowest BCUT2D eigenvalue weighted by atomic mass is 10.0. The Morgan fingerprint density at radius 2 is 2.00 bits per heavy atom. The fourth-order valence-corrected chi connectivity index (χ4v) is 2.50. The van der Waals surface area contributed by atoms with Crippen LogP contribution < -0.4 is 5.32 Å². The predicted molar refractivity (Wildman–Crippen MR) is 65.0 cm³/mol. The van der Waals surface area contributed by atoms with Gasteiger partial charge in [-0.3, -0.25) is 4.90 Å². The molecule has 2 aliphatic rings. The standard InChI is InChI=1S/C13H23N3/c1-2-13(9-14)16-7-5-12(6-8-16)15-10-11-3-4-11/h11-13,15H,2-8,10H2,1H3. The van der Waals surface area contributed by atoms with E-state index < -0.39 is 0 Å². The zero-order valence-corrected chi connectivity index (χ0v) is 10.3. The van der Waals surface area contributed by atoms with Gasteiger partial charge in [-0.2, -0.15) is 5.26 Å². The van der Waals surface area contributed by atoms with E-state index in [2.05, 4.69) is 23.2 Å².